The molecule has 2 aromatic rings. The molecule has 17 heavy (non-hydrogen) atoms. The average molecular weight is 379 g/mol. The van der Waals surface area contributed by atoms with E-state index < -0.39 is 5.82 Å². The summed E-state index contributed by atoms with van der Waals surface area (Å²) >= 11 is 7.92. The maximum atomic E-state index is 12.9. The molecule has 0 radical (unpaired) electrons. The lowest BCUT2D eigenvalue weighted by molar-refractivity contribution is 0.104. The van der Waals surface area contributed by atoms with Gasteiger partial charge in [-0.05, 0) is 56.1 Å². The first kappa shape index (κ1) is 12.7. The number of ketones is 1. The Morgan fingerprint density at radius 2 is 2.00 bits per heavy atom. The Hall–Kier alpha value is -0.720. The molecule has 0 spiro atoms. The molecule has 2 N–H and O–H groups in total. The maximum absolute atomic E-state index is 12.9. The molecule has 0 aliphatic heterocycles. The van der Waals surface area contributed by atoms with Crippen molar-refractivity contribution in [2.24, 2.45) is 0 Å². The number of nitrogens with two attached hydrogens (primary N) is 1. The number of hydrogen-bond acceptors (Lipinski definition) is 3. The molecule has 88 valence electrons. The molecule has 0 aliphatic rings. The SMILES string of the molecule is Nc1cc(F)ccc1C(=O)c1cc(Br)c(Br)s1. The molecular formula is C11H6Br2FNOS. The third kappa shape index (κ3) is 2.59. The highest BCUT2D eigenvalue weighted by Gasteiger charge is 2.16. The number of thiophene rings is 1. The van der Waals surface area contributed by atoms with Crippen molar-refractivity contribution in [3.8, 4) is 0 Å². The van der Waals surface area contributed by atoms with Crippen molar-refractivity contribution < 1.29 is 9.18 Å². The smallest absolute Gasteiger partial charge is 0.205 e. The van der Waals surface area contributed by atoms with E-state index in [2.05, 4.69) is 31.9 Å². The van der Waals surface area contributed by atoms with E-state index in [0.29, 0.717) is 10.4 Å². The number of nitrogen functional groups attached to an aromatic ring is 1. The van der Waals surface area contributed by atoms with Crippen molar-refractivity contribution in [1.29, 1.82) is 0 Å². The zero-order valence-electron chi connectivity index (χ0n) is 8.34. The van der Waals surface area contributed by atoms with Crippen molar-refractivity contribution in [3.05, 3.63) is 48.8 Å². The van der Waals surface area contributed by atoms with Crippen LogP contribution in [0.15, 0.2) is 32.5 Å². The Morgan fingerprint density at radius 1 is 1.29 bits per heavy atom. The van der Waals surface area contributed by atoms with Gasteiger partial charge in [0.1, 0.15) is 5.82 Å². The van der Waals surface area contributed by atoms with Gasteiger partial charge in [0, 0.05) is 15.7 Å². The van der Waals surface area contributed by atoms with Gasteiger partial charge in [0.05, 0.1) is 8.66 Å². The monoisotopic (exact) mass is 377 g/mol. The fourth-order valence-electron chi connectivity index (χ4n) is 1.33. The van der Waals surface area contributed by atoms with Crippen molar-refractivity contribution in [3.63, 3.8) is 0 Å². The van der Waals surface area contributed by atoms with Gasteiger partial charge in [-0.15, -0.1) is 11.3 Å². The summed E-state index contributed by atoms with van der Waals surface area (Å²) in [7, 11) is 0. The number of rotatable bonds is 2. The van der Waals surface area contributed by atoms with Crippen LogP contribution in [0.2, 0.25) is 0 Å². The van der Waals surface area contributed by atoms with E-state index in [-0.39, 0.29) is 11.5 Å². The molecule has 0 bridgehead atoms. The van der Waals surface area contributed by atoms with Gasteiger partial charge in [0.2, 0.25) is 5.78 Å². The molecule has 0 fully saturated rings. The molecule has 0 atom stereocenters. The van der Waals surface area contributed by atoms with Gasteiger partial charge in [-0.2, -0.15) is 0 Å². The Kier molecular flexibility index (Phi) is 3.65. The van der Waals surface area contributed by atoms with Crippen LogP contribution in [0.3, 0.4) is 0 Å². The Labute approximate surface area is 118 Å². The van der Waals surface area contributed by atoms with Gasteiger partial charge < -0.3 is 5.73 Å². The summed E-state index contributed by atoms with van der Waals surface area (Å²) in [4.78, 5) is 12.7. The Balaban J connectivity index is 2.43. The Morgan fingerprint density at radius 3 is 2.53 bits per heavy atom. The second-order valence-corrected chi connectivity index (χ2v) is 6.52. The highest BCUT2D eigenvalue weighted by Crippen LogP contribution is 2.34. The van der Waals surface area contributed by atoms with Crippen LogP contribution in [0.4, 0.5) is 10.1 Å². The van der Waals surface area contributed by atoms with E-state index in [0.717, 1.165) is 14.3 Å². The predicted molar refractivity (Wildman–Crippen MR) is 74.0 cm³/mol. The summed E-state index contributed by atoms with van der Waals surface area (Å²) in [5, 5.41) is 0. The van der Waals surface area contributed by atoms with Crippen LogP contribution in [0, 0.1) is 5.82 Å². The second kappa shape index (κ2) is 4.88. The normalized spacial score (nSPS) is 10.5. The van der Waals surface area contributed by atoms with Crippen molar-refractivity contribution in [2.75, 3.05) is 5.73 Å². The fourth-order valence-corrected chi connectivity index (χ4v) is 3.32. The van der Waals surface area contributed by atoms with E-state index in [4.69, 9.17) is 5.73 Å². The molecule has 2 nitrogen and oxygen atoms in total. The van der Waals surface area contributed by atoms with Gasteiger partial charge in [0.25, 0.3) is 0 Å². The van der Waals surface area contributed by atoms with E-state index >= 15 is 0 Å². The first-order chi connectivity index (χ1) is 7.99. The number of carbonyl (C=O) groups is 1. The van der Waals surface area contributed by atoms with E-state index in [9.17, 15) is 9.18 Å². The minimum absolute atomic E-state index is 0.149. The van der Waals surface area contributed by atoms with Crippen LogP contribution in [-0.2, 0) is 0 Å². The maximum Gasteiger partial charge on any atom is 0.205 e. The van der Waals surface area contributed by atoms with Gasteiger partial charge in [0.15, 0.2) is 0 Å². The third-order valence-electron chi connectivity index (χ3n) is 2.13. The molecule has 0 saturated carbocycles. The lowest BCUT2D eigenvalue weighted by Crippen LogP contribution is -2.03. The summed E-state index contributed by atoms with van der Waals surface area (Å²) in [6, 6.07) is 5.47. The standard InChI is InChI=1S/C11H6Br2FNOS/c12-7-4-9(17-11(7)13)10(16)6-2-1-5(14)3-8(6)15/h1-4H,15H2. The van der Waals surface area contributed by atoms with E-state index in [1.807, 2.05) is 0 Å². The summed E-state index contributed by atoms with van der Waals surface area (Å²) in [5.74, 6) is -0.661. The van der Waals surface area contributed by atoms with Crippen molar-refractivity contribution in [2.45, 2.75) is 0 Å². The summed E-state index contributed by atoms with van der Waals surface area (Å²) in [5.41, 5.74) is 6.09. The van der Waals surface area contributed by atoms with Gasteiger partial charge in [-0.1, -0.05) is 0 Å². The van der Waals surface area contributed by atoms with Crippen LogP contribution in [0.5, 0.6) is 0 Å². The molecule has 6 heteroatoms. The minimum atomic E-state index is -0.451. The largest absolute Gasteiger partial charge is 0.398 e. The van der Waals surface area contributed by atoms with Crippen molar-refractivity contribution >= 4 is 54.7 Å². The topological polar surface area (TPSA) is 43.1 Å². The first-order valence-corrected chi connectivity index (χ1v) is 6.94. The lowest BCUT2D eigenvalue weighted by Gasteiger charge is -2.02. The molecule has 1 heterocycles. The molecule has 0 amide bonds. The van der Waals surface area contributed by atoms with Gasteiger partial charge in [-0.3, -0.25) is 4.79 Å². The van der Waals surface area contributed by atoms with Crippen LogP contribution < -0.4 is 5.73 Å². The van der Waals surface area contributed by atoms with E-state index in [1.54, 1.807) is 6.07 Å². The highest BCUT2D eigenvalue weighted by atomic mass is 79.9. The third-order valence-corrected chi connectivity index (χ3v) is 5.38. The van der Waals surface area contributed by atoms with E-state index in [1.165, 1.54) is 23.5 Å². The predicted octanol–water partition coefficient (Wildman–Crippen LogP) is 4.23. The fraction of sp³-hybridized carbons (Fsp3) is 0. The van der Waals surface area contributed by atoms with Crippen LogP contribution in [0.1, 0.15) is 15.2 Å². The molecule has 0 aliphatic carbocycles. The summed E-state index contributed by atoms with van der Waals surface area (Å²) < 4.78 is 14.5. The molecular weight excluding hydrogens is 373 g/mol. The number of hydrogen-bond donors (Lipinski definition) is 1. The van der Waals surface area contributed by atoms with Crippen LogP contribution in [0.25, 0.3) is 0 Å². The van der Waals surface area contributed by atoms with Gasteiger partial charge in [-0.25, -0.2) is 4.39 Å². The average Bonchev–Trinajstić information content (AvgIpc) is 2.58. The number of benzene rings is 1. The highest BCUT2D eigenvalue weighted by molar-refractivity contribution is 9.13. The molecule has 1 aromatic heterocycles. The first-order valence-electron chi connectivity index (χ1n) is 4.53. The van der Waals surface area contributed by atoms with Crippen LogP contribution >= 0.6 is 43.2 Å². The minimum Gasteiger partial charge on any atom is -0.398 e. The molecule has 0 unspecified atom stereocenters. The Bertz CT molecular complexity index is 578. The number of halogens is 3. The summed E-state index contributed by atoms with van der Waals surface area (Å²) in [6.45, 7) is 0. The van der Waals surface area contributed by atoms with Gasteiger partial charge >= 0.3 is 0 Å². The zero-order valence-corrected chi connectivity index (χ0v) is 12.3. The molecule has 1 aromatic carbocycles. The zero-order chi connectivity index (χ0) is 12.6. The second-order valence-electron chi connectivity index (χ2n) is 3.29. The number of anilines is 1. The van der Waals surface area contributed by atoms with Crippen molar-refractivity contribution in [1.82, 2.24) is 0 Å². The molecule has 2 rings (SSSR count). The number of carbonyl (C=O) groups excluding carboxylic acids is 1. The van der Waals surface area contributed by atoms with Crippen LogP contribution in [-0.4, -0.2) is 5.78 Å². The molecule has 0 saturated heterocycles. The lowest BCUT2D eigenvalue weighted by atomic mass is 10.1. The quantitative estimate of drug-likeness (QED) is 0.627. The summed E-state index contributed by atoms with van der Waals surface area (Å²) in [6.07, 6.45) is 0.